The quantitative estimate of drug-likeness (QED) is 0.436. The van der Waals surface area contributed by atoms with Gasteiger partial charge in [0.1, 0.15) is 0 Å². The molecule has 0 fully saturated rings. The molecule has 0 rings (SSSR count). The van der Waals surface area contributed by atoms with Crippen LogP contribution >= 0.6 is 0 Å². The van der Waals surface area contributed by atoms with E-state index in [1.54, 1.807) is 0 Å². The third-order valence-corrected chi connectivity index (χ3v) is 1.09. The first-order chi connectivity index (χ1) is 2.56. The maximum atomic E-state index is 9.56. The monoisotopic (exact) mass is 166 g/mol. The van der Waals surface area contributed by atoms with Gasteiger partial charge in [-0.1, -0.05) is 0 Å². The fourth-order valence-electron chi connectivity index (χ4n) is 0. The first-order valence-electron chi connectivity index (χ1n) is 1.51. The van der Waals surface area contributed by atoms with Crippen LogP contribution in [0.3, 0.4) is 0 Å². The molecule has 0 saturated carbocycles. The van der Waals surface area contributed by atoms with Gasteiger partial charge in [0.25, 0.3) is 10.1 Å². The average molecular weight is 166 g/mol. The van der Waals surface area contributed by atoms with Gasteiger partial charge >= 0.3 is 0 Å². The molecule has 7 heavy (non-hydrogen) atoms. The molecule has 0 aromatic rings. The summed E-state index contributed by atoms with van der Waals surface area (Å²) < 4.78 is 26.9. The molecule has 0 aliphatic carbocycles. The smallest absolute Gasteiger partial charge is 0.264 e. The summed E-state index contributed by atoms with van der Waals surface area (Å²) in [7, 11) is -3.66. The van der Waals surface area contributed by atoms with E-state index in [0.717, 1.165) is 0 Å². The van der Waals surface area contributed by atoms with E-state index >= 15 is 0 Å². The second kappa shape index (κ2) is 3.43. The molecule has 0 saturated heterocycles. The summed E-state index contributed by atoms with van der Waals surface area (Å²) in [5.74, 6) is -0.201. The summed E-state index contributed by atoms with van der Waals surface area (Å²) in [6.45, 7) is 1.37. The van der Waals surface area contributed by atoms with Crippen molar-refractivity contribution < 1.29 is 30.0 Å². The molecule has 1 N–H and O–H groups in total. The van der Waals surface area contributed by atoms with Crippen LogP contribution in [0.1, 0.15) is 6.92 Å². The summed E-state index contributed by atoms with van der Waals surface area (Å²) in [6.07, 6.45) is 0. The van der Waals surface area contributed by atoms with Crippen LogP contribution in [0.15, 0.2) is 0 Å². The second-order valence-corrected chi connectivity index (χ2v) is 2.61. The first kappa shape index (κ1) is 10.4. The Kier molecular flexibility index (Phi) is 5.11. The molecule has 3 nitrogen and oxygen atoms in total. The van der Waals surface area contributed by atoms with E-state index in [2.05, 4.69) is 0 Å². The van der Waals surface area contributed by atoms with Crippen LogP contribution in [-0.2, 0) is 27.2 Å². The van der Waals surface area contributed by atoms with E-state index in [1.807, 2.05) is 0 Å². The second-order valence-electron chi connectivity index (χ2n) is 0.871. The Hall–Kier alpha value is 0.429. The van der Waals surface area contributed by atoms with Crippen LogP contribution in [0.25, 0.3) is 0 Å². The van der Waals surface area contributed by atoms with Gasteiger partial charge < -0.3 is 0 Å². The van der Waals surface area contributed by atoms with Gasteiger partial charge in [0.15, 0.2) is 0 Å². The minimum absolute atomic E-state index is 0. The number of rotatable bonds is 1. The largest absolute Gasteiger partial charge is 0.286 e. The van der Waals surface area contributed by atoms with Gasteiger partial charge in [-0.05, 0) is 6.92 Å². The van der Waals surface area contributed by atoms with E-state index in [1.165, 1.54) is 6.92 Å². The summed E-state index contributed by atoms with van der Waals surface area (Å²) in [5, 5.41) is 0. The molecule has 0 aromatic heterocycles. The molecule has 0 aliphatic rings. The van der Waals surface area contributed by atoms with Crippen molar-refractivity contribution in [2.45, 2.75) is 6.92 Å². The van der Waals surface area contributed by atoms with E-state index < -0.39 is 10.1 Å². The molecule has 0 aromatic carbocycles. The molecule has 0 aliphatic heterocycles. The Labute approximate surface area is 53.3 Å². The van der Waals surface area contributed by atoms with Gasteiger partial charge in [-0.15, -0.1) is 0 Å². The van der Waals surface area contributed by atoms with Crippen LogP contribution in [0, 0.1) is 0 Å². The van der Waals surface area contributed by atoms with Crippen LogP contribution in [0.4, 0.5) is 0 Å². The molecule has 0 bridgehead atoms. The fraction of sp³-hybridized carbons (Fsp3) is 1.00. The Morgan fingerprint density at radius 1 is 1.57 bits per heavy atom. The summed E-state index contributed by atoms with van der Waals surface area (Å²) in [4.78, 5) is 0. The molecule has 5 heteroatoms. The van der Waals surface area contributed by atoms with Crippen molar-refractivity contribution in [3.05, 3.63) is 0 Å². The number of hydrogen-bond acceptors (Lipinski definition) is 2. The Morgan fingerprint density at radius 2 is 1.71 bits per heavy atom. The van der Waals surface area contributed by atoms with Crippen LogP contribution in [-0.4, -0.2) is 18.7 Å². The van der Waals surface area contributed by atoms with Gasteiger partial charge in [0, 0.05) is 17.1 Å². The molecule has 0 amide bonds. The first-order valence-corrected chi connectivity index (χ1v) is 3.12. The number of hydrogen-bond donors (Lipinski definition) is 1. The summed E-state index contributed by atoms with van der Waals surface area (Å²) in [6, 6.07) is 0. The minimum atomic E-state index is -3.66. The van der Waals surface area contributed by atoms with Crippen molar-refractivity contribution in [1.29, 1.82) is 0 Å². The van der Waals surface area contributed by atoms with Gasteiger partial charge in [0.05, 0.1) is 5.75 Å². The summed E-state index contributed by atoms with van der Waals surface area (Å²) >= 11 is 0. The van der Waals surface area contributed by atoms with Crippen molar-refractivity contribution in [2.75, 3.05) is 5.75 Å². The maximum Gasteiger partial charge on any atom is 0.264 e. The molecule has 0 spiro atoms. The van der Waals surface area contributed by atoms with E-state index in [-0.39, 0.29) is 22.8 Å². The van der Waals surface area contributed by atoms with Crippen molar-refractivity contribution in [1.82, 2.24) is 0 Å². The standard InChI is InChI=1S/C2H6O3S.Fe/c1-2-6(3,4)5;/h2H2,1H3,(H,3,4,5);. The van der Waals surface area contributed by atoms with Crippen molar-refractivity contribution >= 4 is 10.1 Å². The van der Waals surface area contributed by atoms with Crippen molar-refractivity contribution in [3.8, 4) is 0 Å². The fourth-order valence-corrected chi connectivity index (χ4v) is 0. The van der Waals surface area contributed by atoms with Crippen LogP contribution < -0.4 is 0 Å². The molecule has 0 unspecified atom stereocenters. The van der Waals surface area contributed by atoms with Crippen molar-refractivity contribution in [3.63, 3.8) is 0 Å². The third-order valence-electron chi connectivity index (χ3n) is 0.365. The zero-order chi connectivity index (χ0) is 5.21. The predicted molar refractivity (Wildman–Crippen MR) is 22.1 cm³/mol. The van der Waals surface area contributed by atoms with Crippen LogP contribution in [0.2, 0.25) is 0 Å². The predicted octanol–water partition coefficient (Wildman–Crippen LogP) is -0.108. The van der Waals surface area contributed by atoms with Crippen molar-refractivity contribution in [2.24, 2.45) is 0 Å². The molecule has 46 valence electrons. The van der Waals surface area contributed by atoms with Gasteiger partial charge in [-0.3, -0.25) is 4.55 Å². The Morgan fingerprint density at radius 3 is 1.71 bits per heavy atom. The normalized spacial score (nSPS) is 10.0. The zero-order valence-electron chi connectivity index (χ0n) is 3.73. The average Bonchev–Trinajstić information content (AvgIpc) is 1.35. The molecule has 0 heterocycles. The molecule has 0 atom stereocenters. The topological polar surface area (TPSA) is 54.4 Å². The van der Waals surface area contributed by atoms with E-state index in [9.17, 15) is 8.42 Å². The molecular weight excluding hydrogens is 160 g/mol. The molecule has 0 radical (unpaired) electrons. The van der Waals surface area contributed by atoms with Gasteiger partial charge in [-0.25, -0.2) is 0 Å². The van der Waals surface area contributed by atoms with Crippen LogP contribution in [0.5, 0.6) is 0 Å². The Balaban J connectivity index is 0. The summed E-state index contributed by atoms with van der Waals surface area (Å²) in [5.41, 5.74) is 0. The SMILES string of the molecule is CCS(=O)(=O)O.[Fe]. The van der Waals surface area contributed by atoms with Gasteiger partial charge in [0.2, 0.25) is 0 Å². The van der Waals surface area contributed by atoms with E-state index in [4.69, 9.17) is 4.55 Å². The third kappa shape index (κ3) is 10.7. The van der Waals surface area contributed by atoms with Gasteiger partial charge in [-0.2, -0.15) is 8.42 Å². The minimum Gasteiger partial charge on any atom is -0.286 e. The zero-order valence-corrected chi connectivity index (χ0v) is 5.65. The molecular formula is C2H6FeO3S. The van der Waals surface area contributed by atoms with E-state index in [0.29, 0.717) is 0 Å². The maximum absolute atomic E-state index is 9.56. The Bertz CT molecular complexity index is 115.